The van der Waals surface area contributed by atoms with E-state index in [1.807, 2.05) is 11.8 Å². The summed E-state index contributed by atoms with van der Waals surface area (Å²) in [5, 5.41) is 24.8. The van der Waals surface area contributed by atoms with Crippen LogP contribution in [0.4, 0.5) is 11.5 Å². The maximum atomic E-state index is 11.3. The lowest BCUT2D eigenvalue weighted by Gasteiger charge is -2.32. The van der Waals surface area contributed by atoms with Crippen LogP contribution in [-0.4, -0.2) is 39.5 Å². The zero-order chi connectivity index (χ0) is 14.7. The number of piperidine rings is 1. The van der Waals surface area contributed by atoms with Gasteiger partial charge in [-0.15, -0.1) is 0 Å². The van der Waals surface area contributed by atoms with Gasteiger partial charge in [-0.05, 0) is 32.1 Å². The molecule has 1 fully saturated rings. The molecule has 0 radical (unpaired) electrons. The van der Waals surface area contributed by atoms with Crippen LogP contribution in [0.1, 0.15) is 31.9 Å². The lowest BCUT2D eigenvalue weighted by Crippen LogP contribution is -2.36. The molecule has 7 nitrogen and oxygen atoms in total. The zero-order valence-corrected chi connectivity index (χ0v) is 12.1. The highest BCUT2D eigenvalue weighted by Crippen LogP contribution is 2.34. The van der Waals surface area contributed by atoms with E-state index in [0.29, 0.717) is 24.0 Å². The predicted molar refractivity (Wildman–Crippen MR) is 75.9 cm³/mol. The third-order valence-electron chi connectivity index (χ3n) is 3.86. The first-order valence-corrected chi connectivity index (χ1v) is 7.16. The van der Waals surface area contributed by atoms with Gasteiger partial charge in [0, 0.05) is 26.2 Å². The summed E-state index contributed by atoms with van der Waals surface area (Å²) in [5.41, 5.74) is 0.601. The van der Waals surface area contributed by atoms with Gasteiger partial charge in [0.05, 0.1) is 4.92 Å². The highest BCUT2D eigenvalue weighted by molar-refractivity contribution is 5.61. The van der Waals surface area contributed by atoms with Crippen LogP contribution in [0.25, 0.3) is 0 Å². The van der Waals surface area contributed by atoms with E-state index in [4.69, 9.17) is 0 Å². The van der Waals surface area contributed by atoms with E-state index in [0.717, 1.165) is 32.4 Å². The molecule has 1 saturated heterocycles. The molecule has 0 aromatic carbocycles. The monoisotopic (exact) mass is 282 g/mol. The van der Waals surface area contributed by atoms with Gasteiger partial charge in [-0.25, -0.2) is 4.68 Å². The number of nitrogens with zero attached hydrogens (tertiary/aromatic N) is 4. The fraction of sp³-hybridized carbons (Fsp3) is 0.769. The molecule has 0 aliphatic carbocycles. The SMILES string of the molecule is CCCn1nc(C)c([N+](=O)[O-])c1N1CCC(CO)CC1. The highest BCUT2D eigenvalue weighted by atomic mass is 16.6. The van der Waals surface area contributed by atoms with E-state index in [-0.39, 0.29) is 17.2 Å². The summed E-state index contributed by atoms with van der Waals surface area (Å²) in [4.78, 5) is 13.0. The Balaban J connectivity index is 2.31. The second-order valence-electron chi connectivity index (χ2n) is 5.35. The Hall–Kier alpha value is -1.63. The minimum Gasteiger partial charge on any atom is -0.396 e. The van der Waals surface area contributed by atoms with Crippen molar-refractivity contribution in [3.05, 3.63) is 15.8 Å². The molecule has 2 rings (SSSR count). The fourth-order valence-corrected chi connectivity index (χ4v) is 2.78. The van der Waals surface area contributed by atoms with Gasteiger partial charge in [0.1, 0.15) is 5.69 Å². The Morgan fingerprint density at radius 1 is 1.45 bits per heavy atom. The van der Waals surface area contributed by atoms with Crippen LogP contribution >= 0.6 is 0 Å². The minimum absolute atomic E-state index is 0.126. The van der Waals surface area contributed by atoms with E-state index in [1.165, 1.54) is 0 Å². The molecule has 0 saturated carbocycles. The fourth-order valence-electron chi connectivity index (χ4n) is 2.78. The quantitative estimate of drug-likeness (QED) is 0.656. The number of aliphatic hydroxyl groups excluding tert-OH is 1. The number of aromatic nitrogens is 2. The van der Waals surface area contributed by atoms with E-state index < -0.39 is 0 Å². The van der Waals surface area contributed by atoms with Crippen LogP contribution in [0.3, 0.4) is 0 Å². The first kappa shape index (κ1) is 14.8. The summed E-state index contributed by atoms with van der Waals surface area (Å²) in [6.07, 6.45) is 2.62. The molecule has 0 bridgehead atoms. The molecule has 1 aromatic rings. The van der Waals surface area contributed by atoms with E-state index >= 15 is 0 Å². The molecule has 0 amide bonds. The normalized spacial score (nSPS) is 16.6. The van der Waals surface area contributed by atoms with Crippen molar-refractivity contribution in [3.8, 4) is 0 Å². The second kappa shape index (κ2) is 6.21. The molecule has 0 unspecified atom stereocenters. The number of nitro groups is 1. The van der Waals surface area contributed by atoms with Crippen molar-refractivity contribution in [2.24, 2.45) is 5.92 Å². The van der Waals surface area contributed by atoms with Crippen molar-refractivity contribution in [1.82, 2.24) is 9.78 Å². The largest absolute Gasteiger partial charge is 0.396 e. The minimum atomic E-state index is -0.331. The average molecular weight is 282 g/mol. The summed E-state index contributed by atoms with van der Waals surface area (Å²) >= 11 is 0. The number of anilines is 1. The average Bonchev–Trinajstić information content (AvgIpc) is 2.76. The molecule has 0 atom stereocenters. The van der Waals surface area contributed by atoms with Crippen LogP contribution in [0.15, 0.2) is 0 Å². The molecule has 1 aromatic heterocycles. The molecule has 1 aliphatic heterocycles. The van der Waals surface area contributed by atoms with Crippen molar-refractivity contribution < 1.29 is 10.0 Å². The molecule has 7 heteroatoms. The Morgan fingerprint density at radius 2 is 2.10 bits per heavy atom. The third kappa shape index (κ3) is 2.77. The van der Waals surface area contributed by atoms with E-state index in [2.05, 4.69) is 5.10 Å². The van der Waals surface area contributed by atoms with Crippen LogP contribution in [0, 0.1) is 23.0 Å². The van der Waals surface area contributed by atoms with Crippen molar-refractivity contribution in [2.45, 2.75) is 39.7 Å². The van der Waals surface area contributed by atoms with E-state index in [9.17, 15) is 15.2 Å². The lowest BCUT2D eigenvalue weighted by atomic mass is 9.98. The molecule has 0 spiro atoms. The maximum Gasteiger partial charge on any atom is 0.333 e. The lowest BCUT2D eigenvalue weighted by molar-refractivity contribution is -0.384. The van der Waals surface area contributed by atoms with Gasteiger partial charge < -0.3 is 10.0 Å². The first-order valence-electron chi connectivity index (χ1n) is 7.16. The number of aliphatic hydroxyl groups is 1. The molecule has 1 aliphatic rings. The van der Waals surface area contributed by atoms with Gasteiger partial charge in [0.15, 0.2) is 0 Å². The van der Waals surface area contributed by atoms with Crippen molar-refractivity contribution in [2.75, 3.05) is 24.6 Å². The second-order valence-corrected chi connectivity index (χ2v) is 5.35. The van der Waals surface area contributed by atoms with Crippen molar-refractivity contribution >= 4 is 11.5 Å². The van der Waals surface area contributed by atoms with Crippen molar-refractivity contribution in [3.63, 3.8) is 0 Å². The molecular weight excluding hydrogens is 260 g/mol. The number of rotatable bonds is 5. The maximum absolute atomic E-state index is 11.3. The van der Waals surface area contributed by atoms with Gasteiger partial charge in [0.2, 0.25) is 5.82 Å². The molecule has 1 N–H and O–H groups in total. The predicted octanol–water partition coefficient (Wildman–Crippen LogP) is 1.72. The Labute approximate surface area is 118 Å². The molecule has 2 heterocycles. The van der Waals surface area contributed by atoms with Gasteiger partial charge in [-0.3, -0.25) is 10.1 Å². The Bertz CT molecular complexity index is 478. The topological polar surface area (TPSA) is 84.4 Å². The number of hydrogen-bond donors (Lipinski definition) is 1. The van der Waals surface area contributed by atoms with Crippen LogP contribution in [-0.2, 0) is 6.54 Å². The third-order valence-corrected chi connectivity index (χ3v) is 3.86. The Kier molecular flexibility index (Phi) is 4.59. The van der Waals surface area contributed by atoms with Crippen LogP contribution in [0.5, 0.6) is 0 Å². The summed E-state index contributed by atoms with van der Waals surface area (Å²) in [7, 11) is 0. The van der Waals surface area contributed by atoms with Crippen molar-refractivity contribution in [1.29, 1.82) is 0 Å². The van der Waals surface area contributed by atoms with Gasteiger partial charge in [-0.2, -0.15) is 5.10 Å². The Morgan fingerprint density at radius 3 is 2.60 bits per heavy atom. The number of aryl methyl sites for hydroxylation is 2. The smallest absolute Gasteiger partial charge is 0.333 e. The highest BCUT2D eigenvalue weighted by Gasteiger charge is 2.31. The summed E-state index contributed by atoms with van der Waals surface area (Å²) in [6.45, 7) is 6.08. The molecular formula is C13H22N4O3. The number of hydrogen-bond acceptors (Lipinski definition) is 5. The summed E-state index contributed by atoms with van der Waals surface area (Å²) < 4.78 is 1.76. The molecule has 20 heavy (non-hydrogen) atoms. The zero-order valence-electron chi connectivity index (χ0n) is 12.1. The van der Waals surface area contributed by atoms with Gasteiger partial charge >= 0.3 is 5.69 Å². The molecule has 112 valence electrons. The first-order chi connectivity index (χ1) is 9.58. The standard InChI is InChI=1S/C13H22N4O3/c1-3-6-16-13(12(17(19)20)10(2)14-16)15-7-4-11(9-18)5-8-15/h11,18H,3-9H2,1-2H3. The van der Waals surface area contributed by atoms with Gasteiger partial charge in [0.25, 0.3) is 0 Å². The summed E-state index contributed by atoms with van der Waals surface area (Å²) in [6, 6.07) is 0. The van der Waals surface area contributed by atoms with Crippen LogP contribution < -0.4 is 4.90 Å². The van der Waals surface area contributed by atoms with Gasteiger partial charge in [-0.1, -0.05) is 6.92 Å². The van der Waals surface area contributed by atoms with E-state index in [1.54, 1.807) is 11.6 Å². The van der Waals surface area contributed by atoms with Crippen LogP contribution in [0.2, 0.25) is 0 Å². The summed E-state index contributed by atoms with van der Waals surface area (Å²) in [5.74, 6) is 0.944.